The highest BCUT2D eigenvalue weighted by molar-refractivity contribution is 9.10. The first kappa shape index (κ1) is 22.2. The van der Waals surface area contributed by atoms with Crippen molar-refractivity contribution in [2.24, 2.45) is 0 Å². The topological polar surface area (TPSA) is 105 Å². The van der Waals surface area contributed by atoms with Gasteiger partial charge in [-0.2, -0.15) is 0 Å². The van der Waals surface area contributed by atoms with Gasteiger partial charge in [0.25, 0.3) is 0 Å². The summed E-state index contributed by atoms with van der Waals surface area (Å²) in [5, 5.41) is 6.49. The highest BCUT2D eigenvalue weighted by Gasteiger charge is 2.15. The molecule has 0 saturated carbocycles. The fourth-order valence-electron chi connectivity index (χ4n) is 3.59. The lowest BCUT2D eigenvalue weighted by Gasteiger charge is -2.15. The highest BCUT2D eigenvalue weighted by Crippen LogP contribution is 2.32. The molecule has 0 radical (unpaired) electrons. The second-order valence-electron chi connectivity index (χ2n) is 7.56. The summed E-state index contributed by atoms with van der Waals surface area (Å²) in [5.74, 6) is 0.478. The van der Waals surface area contributed by atoms with Gasteiger partial charge in [-0.15, -0.1) is 0 Å². The molecular weight excluding hydrogens is 479 g/mol. The molecule has 4 N–H and O–H groups in total. The summed E-state index contributed by atoms with van der Waals surface area (Å²) >= 11 is 3.24. The number of carbonyl (C=O) groups excluding carboxylic acids is 1. The maximum Gasteiger partial charge on any atom is 0.234 e. The Bertz CT molecular complexity index is 1120. The van der Waals surface area contributed by atoms with E-state index in [0.717, 1.165) is 25.9 Å². The quantitative estimate of drug-likeness (QED) is 0.320. The number of nitrogens with zero attached hydrogens (tertiary/aromatic N) is 3. The molecule has 1 saturated heterocycles. The number of nitrogens with two attached hydrogens (primary N) is 1. The number of carbonyl (C=O) groups is 1. The number of anilines is 3. The fourth-order valence-corrected chi connectivity index (χ4v) is 3.93. The van der Waals surface area contributed by atoms with Crippen LogP contribution in [0.3, 0.4) is 0 Å². The average molecular weight is 503 g/mol. The van der Waals surface area contributed by atoms with Crippen molar-refractivity contribution in [2.45, 2.75) is 12.8 Å². The Labute approximate surface area is 193 Å². The van der Waals surface area contributed by atoms with Gasteiger partial charge in [0.05, 0.1) is 30.0 Å². The summed E-state index contributed by atoms with van der Waals surface area (Å²) in [4.78, 5) is 22.6. The van der Waals surface area contributed by atoms with Gasteiger partial charge < -0.3 is 21.1 Å². The van der Waals surface area contributed by atoms with E-state index in [9.17, 15) is 9.18 Å². The van der Waals surface area contributed by atoms with Crippen LogP contribution in [0.5, 0.6) is 5.75 Å². The zero-order valence-corrected chi connectivity index (χ0v) is 19.0. The van der Waals surface area contributed by atoms with Crippen LogP contribution in [0.2, 0.25) is 0 Å². The third kappa shape index (κ3) is 5.43. The molecule has 0 bridgehead atoms. The van der Waals surface area contributed by atoms with Crippen LogP contribution in [0.15, 0.2) is 41.1 Å². The zero-order chi connectivity index (χ0) is 22.5. The molecule has 168 valence electrons. The summed E-state index contributed by atoms with van der Waals surface area (Å²) in [6.07, 6.45) is 3.69. The molecule has 1 aliphatic rings. The number of aromatic nitrogens is 2. The number of ether oxygens (including phenoxy) is 1. The number of nitrogens with one attached hydrogen (secondary N) is 2. The lowest BCUT2D eigenvalue weighted by molar-refractivity contribution is -0.122. The number of benzene rings is 2. The predicted molar refractivity (Wildman–Crippen MR) is 126 cm³/mol. The fraction of sp³-hybridized carbons (Fsp3) is 0.318. The van der Waals surface area contributed by atoms with Crippen LogP contribution in [-0.4, -0.2) is 53.6 Å². The molecular formula is C22H24BrFN6O2. The van der Waals surface area contributed by atoms with Crippen molar-refractivity contribution in [1.29, 1.82) is 0 Å². The largest absolute Gasteiger partial charge is 0.490 e. The van der Waals surface area contributed by atoms with Crippen LogP contribution in [0.25, 0.3) is 10.9 Å². The van der Waals surface area contributed by atoms with Crippen molar-refractivity contribution in [1.82, 2.24) is 20.2 Å². The number of amides is 1. The van der Waals surface area contributed by atoms with E-state index in [-0.39, 0.29) is 18.2 Å². The summed E-state index contributed by atoms with van der Waals surface area (Å²) < 4.78 is 20.6. The summed E-state index contributed by atoms with van der Waals surface area (Å²) in [6.45, 7) is 3.03. The second-order valence-corrected chi connectivity index (χ2v) is 8.48. The highest BCUT2D eigenvalue weighted by atomic mass is 79.9. The van der Waals surface area contributed by atoms with Crippen LogP contribution in [0, 0.1) is 5.82 Å². The van der Waals surface area contributed by atoms with Gasteiger partial charge >= 0.3 is 0 Å². The Morgan fingerprint density at radius 1 is 1.22 bits per heavy atom. The minimum atomic E-state index is -0.411. The molecule has 4 rings (SSSR count). The van der Waals surface area contributed by atoms with Crippen molar-refractivity contribution in [2.75, 3.05) is 43.8 Å². The first-order valence-corrected chi connectivity index (χ1v) is 11.2. The van der Waals surface area contributed by atoms with Crippen molar-refractivity contribution >= 4 is 49.9 Å². The molecule has 1 aliphatic heterocycles. The van der Waals surface area contributed by atoms with Gasteiger partial charge in [0.2, 0.25) is 5.91 Å². The van der Waals surface area contributed by atoms with E-state index in [0.29, 0.717) is 45.7 Å². The SMILES string of the molecule is Nc1cc2c(Nc3ccc(Br)cc3F)ncnc2cc1OCCNC(=O)CN1CCCC1. The summed E-state index contributed by atoms with van der Waals surface area (Å²) in [6, 6.07) is 8.12. The van der Waals surface area contributed by atoms with Gasteiger partial charge in [-0.05, 0) is 50.2 Å². The molecule has 0 spiro atoms. The Hall–Kier alpha value is -2.98. The lowest BCUT2D eigenvalue weighted by atomic mass is 10.2. The van der Waals surface area contributed by atoms with Crippen LogP contribution >= 0.6 is 15.9 Å². The summed E-state index contributed by atoms with van der Waals surface area (Å²) in [7, 11) is 0. The van der Waals surface area contributed by atoms with Crippen LogP contribution in [-0.2, 0) is 4.79 Å². The smallest absolute Gasteiger partial charge is 0.234 e. The van der Waals surface area contributed by atoms with E-state index in [4.69, 9.17) is 10.5 Å². The standard InChI is InChI=1S/C22H24BrFN6O2/c23-14-3-4-18(16(24)9-14)29-22-15-10-17(25)20(11-19(15)27-13-28-22)32-8-5-26-21(31)12-30-6-1-2-7-30/h3-4,9-11,13H,1-2,5-8,12,25H2,(H,26,31)(H,27,28,29). The maximum atomic E-state index is 14.2. The van der Waals surface area contributed by atoms with Gasteiger partial charge in [-0.1, -0.05) is 15.9 Å². The molecule has 0 unspecified atom stereocenters. The molecule has 1 amide bonds. The monoisotopic (exact) mass is 502 g/mol. The van der Waals surface area contributed by atoms with Crippen LogP contribution in [0.1, 0.15) is 12.8 Å². The molecule has 2 aromatic carbocycles. The molecule has 2 heterocycles. The average Bonchev–Trinajstić information content (AvgIpc) is 3.27. The number of nitrogen functional groups attached to an aromatic ring is 1. The van der Waals surface area contributed by atoms with Gasteiger partial charge in [-0.3, -0.25) is 9.69 Å². The van der Waals surface area contributed by atoms with Crippen molar-refractivity contribution in [3.8, 4) is 5.75 Å². The van der Waals surface area contributed by atoms with E-state index in [2.05, 4.69) is 41.4 Å². The minimum Gasteiger partial charge on any atom is -0.490 e. The van der Waals surface area contributed by atoms with Crippen LogP contribution in [0.4, 0.5) is 21.6 Å². The number of hydrogen-bond acceptors (Lipinski definition) is 7. The zero-order valence-electron chi connectivity index (χ0n) is 17.4. The normalized spacial score (nSPS) is 13.9. The van der Waals surface area contributed by atoms with E-state index in [1.54, 1.807) is 24.3 Å². The van der Waals surface area contributed by atoms with Gasteiger partial charge in [0.15, 0.2) is 0 Å². The molecule has 10 heteroatoms. The summed E-state index contributed by atoms with van der Waals surface area (Å²) in [5.41, 5.74) is 7.45. The third-order valence-corrected chi connectivity index (χ3v) is 5.69. The third-order valence-electron chi connectivity index (χ3n) is 5.20. The van der Waals surface area contributed by atoms with Gasteiger partial charge in [0, 0.05) is 15.9 Å². The Balaban J connectivity index is 1.39. The van der Waals surface area contributed by atoms with E-state index in [1.807, 2.05) is 0 Å². The van der Waals surface area contributed by atoms with E-state index >= 15 is 0 Å². The molecule has 32 heavy (non-hydrogen) atoms. The Kier molecular flexibility index (Phi) is 7.01. The van der Waals surface area contributed by atoms with Gasteiger partial charge in [-0.25, -0.2) is 14.4 Å². The molecule has 0 atom stereocenters. The Morgan fingerprint density at radius 2 is 2.03 bits per heavy atom. The maximum absolute atomic E-state index is 14.2. The van der Waals surface area contributed by atoms with Crippen molar-refractivity contribution < 1.29 is 13.9 Å². The molecule has 3 aromatic rings. The number of likely N-dealkylation sites (tertiary alicyclic amines) is 1. The predicted octanol–water partition coefficient (Wildman–Crippen LogP) is 3.45. The molecule has 1 aromatic heterocycles. The molecule has 8 nitrogen and oxygen atoms in total. The first-order valence-electron chi connectivity index (χ1n) is 10.4. The Morgan fingerprint density at radius 3 is 2.81 bits per heavy atom. The van der Waals surface area contributed by atoms with E-state index in [1.165, 1.54) is 12.4 Å². The van der Waals surface area contributed by atoms with Crippen molar-refractivity contribution in [3.05, 3.63) is 46.9 Å². The lowest BCUT2D eigenvalue weighted by Crippen LogP contribution is -2.37. The number of hydrogen-bond donors (Lipinski definition) is 3. The first-order chi connectivity index (χ1) is 15.5. The number of rotatable bonds is 8. The molecule has 1 fully saturated rings. The van der Waals surface area contributed by atoms with Gasteiger partial charge in [0.1, 0.15) is 30.3 Å². The van der Waals surface area contributed by atoms with Crippen molar-refractivity contribution in [3.63, 3.8) is 0 Å². The minimum absolute atomic E-state index is 0.00869. The van der Waals surface area contributed by atoms with E-state index < -0.39 is 5.82 Å². The number of fused-ring (bicyclic) bond motifs is 1. The second kappa shape index (κ2) is 10.1. The van der Waals surface area contributed by atoms with Crippen LogP contribution < -0.4 is 21.1 Å². The number of halogens is 2. The molecule has 0 aliphatic carbocycles.